The van der Waals surface area contributed by atoms with Crippen molar-refractivity contribution in [2.75, 3.05) is 27.3 Å². The van der Waals surface area contributed by atoms with Crippen LogP contribution >= 0.6 is 0 Å². The molecule has 0 radical (unpaired) electrons. The normalized spacial score (nSPS) is 15.0. The van der Waals surface area contributed by atoms with Crippen LogP contribution in [0, 0.1) is 0 Å². The van der Waals surface area contributed by atoms with Crippen molar-refractivity contribution in [2.24, 2.45) is 0 Å². The number of alkyl halides is 1. The van der Waals surface area contributed by atoms with Crippen molar-refractivity contribution >= 4 is 16.7 Å². The van der Waals surface area contributed by atoms with Crippen LogP contribution in [0.4, 0.5) is 4.39 Å². The Morgan fingerprint density at radius 3 is 2.30 bits per heavy atom. The number of likely N-dealkylation sites (tertiary alicyclic amines) is 1. The smallest absolute Gasteiger partial charge is 0.303 e. The number of aliphatic carboxylic acids is 1. The van der Waals surface area contributed by atoms with E-state index in [0.717, 1.165) is 46.1 Å². The van der Waals surface area contributed by atoms with E-state index in [0.29, 0.717) is 37.3 Å². The molecule has 0 amide bonds. The number of carboxylic acid groups (broad SMARTS) is 1. The third kappa shape index (κ3) is 5.11. The highest BCUT2D eigenvalue weighted by molar-refractivity contribution is 6.01. The van der Waals surface area contributed by atoms with Crippen molar-refractivity contribution in [1.29, 1.82) is 0 Å². The number of hydrogen-bond acceptors (Lipinski definition) is 4. The fraction of sp³-hybridized carbons (Fsp3) is 0.370. The van der Waals surface area contributed by atoms with Gasteiger partial charge in [0.25, 0.3) is 0 Å². The van der Waals surface area contributed by atoms with Crippen LogP contribution in [0.25, 0.3) is 21.9 Å². The molecule has 0 bridgehead atoms. The molecule has 5 nitrogen and oxygen atoms in total. The second-order valence-corrected chi connectivity index (χ2v) is 8.54. The van der Waals surface area contributed by atoms with E-state index in [4.69, 9.17) is 14.6 Å². The molecule has 4 rings (SSSR count). The van der Waals surface area contributed by atoms with E-state index in [2.05, 4.69) is 4.90 Å². The van der Waals surface area contributed by atoms with Gasteiger partial charge in [-0.15, -0.1) is 0 Å². The number of methoxy groups -OCH3 is 2. The Hall–Kier alpha value is -3.12. The van der Waals surface area contributed by atoms with Crippen molar-refractivity contribution in [2.45, 2.75) is 38.4 Å². The first-order chi connectivity index (χ1) is 16.0. The van der Waals surface area contributed by atoms with Crippen LogP contribution in [-0.2, 0) is 17.8 Å². The molecule has 174 valence electrons. The predicted octanol–water partition coefficient (Wildman–Crippen LogP) is 5.48. The summed E-state index contributed by atoms with van der Waals surface area (Å²) in [5.41, 5.74) is 3.91. The number of aryl methyl sites for hydroxylation is 1. The molecule has 33 heavy (non-hydrogen) atoms. The zero-order valence-electron chi connectivity index (χ0n) is 19.1. The zero-order chi connectivity index (χ0) is 23.4. The van der Waals surface area contributed by atoms with Gasteiger partial charge in [-0.2, -0.15) is 0 Å². The summed E-state index contributed by atoms with van der Waals surface area (Å²) in [5, 5.41) is 11.2. The molecular formula is C27H30FNO4. The van der Waals surface area contributed by atoms with E-state index >= 15 is 0 Å². The van der Waals surface area contributed by atoms with Crippen LogP contribution in [0.5, 0.6) is 11.5 Å². The monoisotopic (exact) mass is 451 g/mol. The fourth-order valence-electron chi connectivity index (χ4n) is 4.69. The molecule has 1 saturated heterocycles. The molecule has 0 aromatic heterocycles. The molecule has 6 heteroatoms. The fourth-order valence-corrected chi connectivity index (χ4v) is 4.69. The first-order valence-electron chi connectivity index (χ1n) is 11.3. The summed E-state index contributed by atoms with van der Waals surface area (Å²) in [4.78, 5) is 13.4. The molecule has 1 aliphatic rings. The summed E-state index contributed by atoms with van der Waals surface area (Å²) in [6.45, 7) is 2.21. The second-order valence-electron chi connectivity index (χ2n) is 8.54. The van der Waals surface area contributed by atoms with Gasteiger partial charge in [0.05, 0.1) is 19.8 Å². The molecule has 0 aliphatic carbocycles. The van der Waals surface area contributed by atoms with Gasteiger partial charge >= 0.3 is 5.97 Å². The summed E-state index contributed by atoms with van der Waals surface area (Å²) in [5.74, 6) is 0.624. The van der Waals surface area contributed by atoms with Crippen LogP contribution in [-0.4, -0.2) is 49.5 Å². The molecule has 0 unspecified atom stereocenters. The predicted molar refractivity (Wildman–Crippen MR) is 128 cm³/mol. The lowest BCUT2D eigenvalue weighted by atomic mass is 9.92. The van der Waals surface area contributed by atoms with Crippen molar-refractivity contribution in [3.05, 3.63) is 59.7 Å². The number of carbonyl (C=O) groups is 1. The molecule has 3 aromatic carbocycles. The van der Waals surface area contributed by atoms with Gasteiger partial charge in [0.1, 0.15) is 17.7 Å². The number of benzene rings is 3. The van der Waals surface area contributed by atoms with Crippen LogP contribution in [0.1, 0.15) is 30.4 Å². The molecule has 1 aliphatic heterocycles. The highest BCUT2D eigenvalue weighted by Gasteiger charge is 2.21. The molecule has 1 heterocycles. The molecule has 0 saturated carbocycles. The van der Waals surface area contributed by atoms with Crippen molar-refractivity contribution < 1.29 is 23.8 Å². The van der Waals surface area contributed by atoms with Gasteiger partial charge in [0, 0.05) is 26.1 Å². The summed E-state index contributed by atoms with van der Waals surface area (Å²) in [7, 11) is 3.31. The first kappa shape index (κ1) is 23.1. The maximum atomic E-state index is 13.5. The largest absolute Gasteiger partial charge is 0.496 e. The van der Waals surface area contributed by atoms with Crippen LogP contribution < -0.4 is 9.47 Å². The molecule has 0 spiro atoms. The average Bonchev–Trinajstić information content (AvgIpc) is 2.83. The Balaban J connectivity index is 1.75. The molecule has 1 fully saturated rings. The Kier molecular flexibility index (Phi) is 7.14. The molecule has 0 atom stereocenters. The van der Waals surface area contributed by atoms with Gasteiger partial charge < -0.3 is 14.6 Å². The number of ether oxygens (including phenoxy) is 2. The Labute approximate surface area is 193 Å². The maximum absolute atomic E-state index is 13.5. The minimum atomic E-state index is -0.808. The Morgan fingerprint density at radius 2 is 1.67 bits per heavy atom. The van der Waals surface area contributed by atoms with Gasteiger partial charge in [-0.1, -0.05) is 36.4 Å². The van der Waals surface area contributed by atoms with Crippen LogP contribution in [0.15, 0.2) is 48.5 Å². The summed E-state index contributed by atoms with van der Waals surface area (Å²) < 4.78 is 25.1. The molecule has 1 N–H and O–H groups in total. The highest BCUT2D eigenvalue weighted by Crippen LogP contribution is 2.43. The van der Waals surface area contributed by atoms with E-state index in [-0.39, 0.29) is 6.42 Å². The number of fused-ring (bicyclic) bond motifs is 1. The lowest BCUT2D eigenvalue weighted by Gasteiger charge is -2.29. The minimum absolute atomic E-state index is 0.0876. The van der Waals surface area contributed by atoms with E-state index in [1.54, 1.807) is 14.2 Å². The van der Waals surface area contributed by atoms with E-state index in [1.807, 2.05) is 48.5 Å². The van der Waals surface area contributed by atoms with E-state index in [1.165, 1.54) is 0 Å². The van der Waals surface area contributed by atoms with Crippen LogP contribution in [0.2, 0.25) is 0 Å². The third-order valence-corrected chi connectivity index (χ3v) is 6.38. The maximum Gasteiger partial charge on any atom is 0.303 e. The standard InChI is InChI=1S/C27H30FNO4/c1-32-24-15-18(17-29-13-11-20(28)12-14-29)16-25(33-2)27(24)23-8-4-6-21-19(9-10-26(30)31)5-3-7-22(21)23/h3-8,15-16,20H,9-14,17H2,1-2H3,(H,30,31). The Morgan fingerprint density at radius 1 is 1.03 bits per heavy atom. The van der Waals surface area contributed by atoms with Gasteiger partial charge in [0.15, 0.2) is 0 Å². The number of carboxylic acids is 1. The second kappa shape index (κ2) is 10.2. The van der Waals surface area contributed by atoms with Gasteiger partial charge in [-0.3, -0.25) is 9.69 Å². The third-order valence-electron chi connectivity index (χ3n) is 6.38. The highest BCUT2D eigenvalue weighted by atomic mass is 19.1. The van der Waals surface area contributed by atoms with Gasteiger partial charge in [-0.25, -0.2) is 4.39 Å². The zero-order valence-corrected chi connectivity index (χ0v) is 19.1. The van der Waals surface area contributed by atoms with Crippen molar-refractivity contribution in [3.63, 3.8) is 0 Å². The molecule has 3 aromatic rings. The lowest BCUT2D eigenvalue weighted by molar-refractivity contribution is -0.136. The number of hydrogen-bond donors (Lipinski definition) is 1. The summed E-state index contributed by atoms with van der Waals surface area (Å²) in [6, 6.07) is 16.1. The number of nitrogens with zero attached hydrogens (tertiary/aromatic N) is 1. The van der Waals surface area contributed by atoms with Crippen molar-refractivity contribution in [1.82, 2.24) is 4.90 Å². The minimum Gasteiger partial charge on any atom is -0.496 e. The van der Waals surface area contributed by atoms with Gasteiger partial charge in [-0.05, 0) is 58.9 Å². The van der Waals surface area contributed by atoms with E-state index in [9.17, 15) is 9.18 Å². The van der Waals surface area contributed by atoms with E-state index < -0.39 is 12.1 Å². The SMILES string of the molecule is COc1cc(CN2CCC(F)CC2)cc(OC)c1-c1cccc2c(CCC(=O)O)cccc12. The molecular weight excluding hydrogens is 421 g/mol. The van der Waals surface area contributed by atoms with Gasteiger partial charge in [0.2, 0.25) is 0 Å². The van der Waals surface area contributed by atoms with Crippen molar-refractivity contribution in [3.8, 4) is 22.6 Å². The van der Waals surface area contributed by atoms with Crippen LogP contribution in [0.3, 0.4) is 0 Å². The quantitative estimate of drug-likeness (QED) is 0.492. The number of piperidine rings is 1. The summed E-state index contributed by atoms with van der Waals surface area (Å²) >= 11 is 0. The Bertz CT molecular complexity index is 1110. The summed E-state index contributed by atoms with van der Waals surface area (Å²) in [6.07, 6.45) is 1.02. The lowest BCUT2D eigenvalue weighted by Crippen LogP contribution is -2.33. The topological polar surface area (TPSA) is 59.0 Å². The average molecular weight is 452 g/mol. The first-order valence-corrected chi connectivity index (χ1v) is 11.3. The number of halogens is 1. The number of rotatable bonds is 8.